The van der Waals surface area contributed by atoms with Crippen LogP contribution in [0.2, 0.25) is 0 Å². The summed E-state index contributed by atoms with van der Waals surface area (Å²) >= 11 is 0. The first-order valence-corrected chi connectivity index (χ1v) is 20.0. The van der Waals surface area contributed by atoms with Crippen LogP contribution in [0, 0.1) is 0 Å². The van der Waals surface area contributed by atoms with Crippen LogP contribution in [0.1, 0.15) is 25.0 Å². The number of hydrogen-bond acceptors (Lipinski definition) is 3. The lowest BCUT2D eigenvalue weighted by molar-refractivity contribution is 0.660. The van der Waals surface area contributed by atoms with Gasteiger partial charge in [0.2, 0.25) is 0 Å². The number of anilines is 3. The van der Waals surface area contributed by atoms with Crippen molar-refractivity contribution in [3.05, 3.63) is 199 Å². The van der Waals surface area contributed by atoms with Crippen LogP contribution in [0.25, 0.3) is 88.0 Å². The van der Waals surface area contributed by atoms with E-state index in [0.717, 1.165) is 88.6 Å². The zero-order chi connectivity index (χ0) is 38.5. The van der Waals surface area contributed by atoms with Gasteiger partial charge < -0.3 is 13.7 Å². The second-order valence-corrected chi connectivity index (χ2v) is 16.0. The fraction of sp³-hybridized carbons (Fsp3) is 0.0545. The molecule has 0 bridgehead atoms. The fourth-order valence-electron chi connectivity index (χ4n) is 9.71. The van der Waals surface area contributed by atoms with Crippen LogP contribution >= 0.6 is 0 Å². The van der Waals surface area contributed by atoms with E-state index in [1.807, 2.05) is 12.1 Å². The Morgan fingerprint density at radius 1 is 0.414 bits per heavy atom. The number of furan rings is 2. The van der Waals surface area contributed by atoms with Gasteiger partial charge in [-0.3, -0.25) is 0 Å². The molecular weight excluding hydrogens is 707 g/mol. The molecule has 1 aliphatic carbocycles. The first-order chi connectivity index (χ1) is 28.5. The molecule has 58 heavy (non-hydrogen) atoms. The highest BCUT2D eigenvalue weighted by atomic mass is 16.3. The summed E-state index contributed by atoms with van der Waals surface area (Å²) in [5.74, 6) is 0. The zero-order valence-corrected chi connectivity index (χ0v) is 32.2. The van der Waals surface area contributed by atoms with E-state index < -0.39 is 0 Å². The smallest absolute Gasteiger partial charge is 0.143 e. The molecule has 2 aromatic heterocycles. The minimum Gasteiger partial charge on any atom is -0.455 e. The van der Waals surface area contributed by atoms with Crippen LogP contribution in [-0.4, -0.2) is 0 Å². The highest BCUT2D eigenvalue weighted by Gasteiger charge is 2.36. The van der Waals surface area contributed by atoms with Gasteiger partial charge in [-0.25, -0.2) is 0 Å². The van der Waals surface area contributed by atoms with E-state index in [-0.39, 0.29) is 5.41 Å². The number of para-hydroxylation sites is 3. The number of hydrogen-bond donors (Lipinski definition) is 0. The maximum atomic E-state index is 7.02. The molecule has 12 rings (SSSR count). The third kappa shape index (κ3) is 4.74. The Morgan fingerprint density at radius 2 is 1.07 bits per heavy atom. The van der Waals surface area contributed by atoms with Gasteiger partial charge in [0.05, 0.1) is 11.1 Å². The number of nitrogens with zero attached hydrogens (tertiary/aromatic N) is 1. The van der Waals surface area contributed by atoms with E-state index in [2.05, 4.69) is 195 Å². The van der Waals surface area contributed by atoms with Gasteiger partial charge in [-0.05, 0) is 92.7 Å². The van der Waals surface area contributed by atoms with Crippen molar-refractivity contribution in [3.63, 3.8) is 0 Å². The summed E-state index contributed by atoms with van der Waals surface area (Å²) in [6.07, 6.45) is 0. The second-order valence-electron chi connectivity index (χ2n) is 16.0. The standard InChI is InChI=1S/C55H37NO2/c1-55(2)46-22-10-8-18-41(46)42-31-30-38(33-47(42)55)56(37-15-4-3-5-16-37)48-23-13-25-50-52(48)45-32-36-14-6-7-17-39(36)51(54(45)58-50)35-28-26-34(27-29-35)40-20-12-21-44-43-19-9-11-24-49(43)57-53(40)44/h3-33H,1-2H3. The molecule has 0 amide bonds. The normalized spacial score (nSPS) is 13.1. The molecule has 3 heteroatoms. The fourth-order valence-corrected chi connectivity index (χ4v) is 9.71. The Balaban J connectivity index is 1.05. The first-order valence-electron chi connectivity index (χ1n) is 20.0. The summed E-state index contributed by atoms with van der Waals surface area (Å²) in [7, 11) is 0. The lowest BCUT2D eigenvalue weighted by Crippen LogP contribution is -2.16. The molecule has 0 saturated heterocycles. The van der Waals surface area contributed by atoms with Crippen molar-refractivity contribution in [2.24, 2.45) is 0 Å². The molecule has 0 fully saturated rings. The molecule has 274 valence electrons. The molecule has 0 N–H and O–H groups in total. The SMILES string of the molecule is CC1(C)c2ccccc2-c2ccc(N(c3ccccc3)c3cccc4oc5c(-c6ccc(-c7cccc8c7oc7ccccc78)cc6)c6ccccc6cc5c34)cc21. The number of benzene rings is 9. The molecular formula is C55H37NO2. The Kier molecular flexibility index (Phi) is 6.98. The Hall–Kier alpha value is -7.36. The molecule has 2 heterocycles. The Labute approximate surface area is 336 Å². The summed E-state index contributed by atoms with van der Waals surface area (Å²) in [6.45, 7) is 4.69. The van der Waals surface area contributed by atoms with E-state index in [1.54, 1.807) is 0 Å². The van der Waals surface area contributed by atoms with Crippen LogP contribution in [-0.2, 0) is 5.41 Å². The van der Waals surface area contributed by atoms with Gasteiger partial charge in [-0.15, -0.1) is 0 Å². The topological polar surface area (TPSA) is 29.5 Å². The third-order valence-electron chi connectivity index (χ3n) is 12.5. The lowest BCUT2D eigenvalue weighted by Gasteiger charge is -2.28. The maximum absolute atomic E-state index is 7.02. The van der Waals surface area contributed by atoms with Crippen LogP contribution in [0.3, 0.4) is 0 Å². The van der Waals surface area contributed by atoms with Gasteiger partial charge in [0.25, 0.3) is 0 Å². The van der Waals surface area contributed by atoms with Crippen LogP contribution in [0.5, 0.6) is 0 Å². The van der Waals surface area contributed by atoms with Gasteiger partial charge in [0.15, 0.2) is 0 Å². The van der Waals surface area contributed by atoms with Crippen molar-refractivity contribution in [1.82, 2.24) is 0 Å². The van der Waals surface area contributed by atoms with Crippen LogP contribution in [0.4, 0.5) is 17.1 Å². The summed E-state index contributed by atoms with van der Waals surface area (Å²) in [6, 6.07) is 67.5. The molecule has 0 spiro atoms. The van der Waals surface area contributed by atoms with Crippen LogP contribution < -0.4 is 4.90 Å². The molecule has 0 atom stereocenters. The molecule has 0 saturated carbocycles. The Morgan fingerprint density at radius 3 is 1.95 bits per heavy atom. The average molecular weight is 744 g/mol. The minimum absolute atomic E-state index is 0.124. The maximum Gasteiger partial charge on any atom is 0.143 e. The van der Waals surface area contributed by atoms with Crippen molar-refractivity contribution in [2.45, 2.75) is 19.3 Å². The van der Waals surface area contributed by atoms with Crippen molar-refractivity contribution in [2.75, 3.05) is 4.90 Å². The molecule has 3 nitrogen and oxygen atoms in total. The van der Waals surface area contributed by atoms with E-state index in [4.69, 9.17) is 8.83 Å². The van der Waals surface area contributed by atoms with E-state index in [9.17, 15) is 0 Å². The van der Waals surface area contributed by atoms with Crippen molar-refractivity contribution < 1.29 is 8.83 Å². The summed E-state index contributed by atoms with van der Waals surface area (Å²) in [4.78, 5) is 2.40. The van der Waals surface area contributed by atoms with Gasteiger partial charge in [-0.1, -0.05) is 153 Å². The summed E-state index contributed by atoms with van der Waals surface area (Å²) in [5, 5.41) is 6.76. The zero-order valence-electron chi connectivity index (χ0n) is 32.2. The van der Waals surface area contributed by atoms with Crippen molar-refractivity contribution in [1.29, 1.82) is 0 Å². The number of fused-ring (bicyclic) bond motifs is 10. The van der Waals surface area contributed by atoms with Crippen molar-refractivity contribution in [3.8, 4) is 33.4 Å². The summed E-state index contributed by atoms with van der Waals surface area (Å²) in [5.41, 5.74) is 16.4. The molecule has 0 unspecified atom stereocenters. The predicted octanol–water partition coefficient (Wildman–Crippen LogP) is 15.7. The minimum atomic E-state index is -0.124. The molecule has 0 radical (unpaired) electrons. The van der Waals surface area contributed by atoms with Gasteiger partial charge >= 0.3 is 0 Å². The van der Waals surface area contributed by atoms with Crippen molar-refractivity contribution >= 4 is 71.7 Å². The number of rotatable bonds is 5. The quantitative estimate of drug-likeness (QED) is 0.176. The monoisotopic (exact) mass is 743 g/mol. The molecule has 11 aromatic rings. The van der Waals surface area contributed by atoms with Gasteiger partial charge in [0, 0.05) is 44.1 Å². The largest absolute Gasteiger partial charge is 0.455 e. The predicted molar refractivity (Wildman–Crippen MR) is 242 cm³/mol. The van der Waals surface area contributed by atoms with Gasteiger partial charge in [-0.2, -0.15) is 0 Å². The first kappa shape index (κ1) is 32.8. The highest BCUT2D eigenvalue weighted by Crippen LogP contribution is 2.52. The Bertz CT molecular complexity index is 3420. The van der Waals surface area contributed by atoms with Gasteiger partial charge in [0.1, 0.15) is 22.3 Å². The summed E-state index contributed by atoms with van der Waals surface area (Å²) < 4.78 is 13.4. The second kappa shape index (κ2) is 12.3. The van der Waals surface area contributed by atoms with Crippen LogP contribution in [0.15, 0.2) is 197 Å². The molecule has 0 aliphatic heterocycles. The van der Waals surface area contributed by atoms with E-state index >= 15 is 0 Å². The molecule has 1 aliphatic rings. The lowest BCUT2D eigenvalue weighted by atomic mass is 9.82. The molecule has 9 aromatic carbocycles. The van der Waals surface area contributed by atoms with E-state index in [0.29, 0.717) is 0 Å². The van der Waals surface area contributed by atoms with E-state index in [1.165, 1.54) is 27.6 Å². The highest BCUT2D eigenvalue weighted by molar-refractivity contribution is 6.22. The average Bonchev–Trinajstić information content (AvgIpc) is 3.91. The third-order valence-corrected chi connectivity index (χ3v) is 12.5.